The van der Waals surface area contributed by atoms with Gasteiger partial charge in [0.05, 0.1) is 6.61 Å². The van der Waals surface area contributed by atoms with Crippen molar-refractivity contribution in [2.24, 2.45) is 5.73 Å². The summed E-state index contributed by atoms with van der Waals surface area (Å²) in [5.41, 5.74) is 7.10. The van der Waals surface area contributed by atoms with Crippen LogP contribution in [0.3, 0.4) is 0 Å². The fourth-order valence-corrected chi connectivity index (χ4v) is 2.83. The number of benzene rings is 1. The predicted molar refractivity (Wildman–Crippen MR) is 87.5 cm³/mol. The van der Waals surface area contributed by atoms with E-state index < -0.39 is 0 Å². The lowest BCUT2D eigenvalue weighted by Crippen LogP contribution is -2.45. The molecular weight excluding hydrogens is 278 g/mol. The van der Waals surface area contributed by atoms with Crippen molar-refractivity contribution in [2.75, 3.05) is 33.4 Å². The standard InChI is InChI=1S/C17H27N3O2/c1-22-12-11-20-9-7-15(8-10-20)19-17(21)13-16(18)14-5-3-2-4-6-14/h2-6,15-16H,7-13,18H2,1H3,(H,19,21). The van der Waals surface area contributed by atoms with Crippen LogP contribution in [0.2, 0.25) is 0 Å². The van der Waals surface area contributed by atoms with Crippen molar-refractivity contribution in [3.05, 3.63) is 35.9 Å². The van der Waals surface area contributed by atoms with Crippen LogP contribution in [0.15, 0.2) is 30.3 Å². The highest BCUT2D eigenvalue weighted by molar-refractivity contribution is 5.77. The van der Waals surface area contributed by atoms with Gasteiger partial charge < -0.3 is 20.7 Å². The van der Waals surface area contributed by atoms with Crippen molar-refractivity contribution in [1.82, 2.24) is 10.2 Å². The third-order valence-corrected chi connectivity index (χ3v) is 4.20. The minimum atomic E-state index is -0.233. The van der Waals surface area contributed by atoms with E-state index in [1.165, 1.54) is 0 Å². The van der Waals surface area contributed by atoms with Crippen LogP contribution in [-0.2, 0) is 9.53 Å². The van der Waals surface area contributed by atoms with E-state index in [0.717, 1.165) is 44.6 Å². The minimum absolute atomic E-state index is 0.0479. The van der Waals surface area contributed by atoms with Gasteiger partial charge in [-0.2, -0.15) is 0 Å². The molecule has 0 radical (unpaired) electrons. The van der Waals surface area contributed by atoms with Gasteiger partial charge in [0.25, 0.3) is 0 Å². The first kappa shape index (κ1) is 16.9. The number of amides is 1. The zero-order valence-electron chi connectivity index (χ0n) is 13.3. The van der Waals surface area contributed by atoms with Crippen molar-refractivity contribution >= 4 is 5.91 Å². The lowest BCUT2D eigenvalue weighted by atomic mass is 10.0. The Morgan fingerprint density at radius 2 is 2.05 bits per heavy atom. The third kappa shape index (κ3) is 5.40. The molecule has 2 rings (SSSR count). The number of ether oxygens (including phenoxy) is 1. The van der Waals surface area contributed by atoms with E-state index in [1.54, 1.807) is 7.11 Å². The fraction of sp³-hybridized carbons (Fsp3) is 0.588. The van der Waals surface area contributed by atoms with Gasteiger partial charge in [-0.3, -0.25) is 4.79 Å². The molecule has 0 aromatic heterocycles. The summed E-state index contributed by atoms with van der Waals surface area (Å²) in [7, 11) is 1.73. The Bertz CT molecular complexity index is 444. The Hall–Kier alpha value is -1.43. The Morgan fingerprint density at radius 3 is 2.68 bits per heavy atom. The number of nitrogens with one attached hydrogen (secondary N) is 1. The fourth-order valence-electron chi connectivity index (χ4n) is 2.83. The highest BCUT2D eigenvalue weighted by Crippen LogP contribution is 2.14. The minimum Gasteiger partial charge on any atom is -0.383 e. The molecule has 1 fully saturated rings. The number of nitrogens with two attached hydrogens (primary N) is 1. The summed E-state index contributed by atoms with van der Waals surface area (Å²) in [6.45, 7) is 3.76. The molecule has 1 aliphatic rings. The van der Waals surface area contributed by atoms with Gasteiger partial charge in [-0.1, -0.05) is 30.3 Å². The van der Waals surface area contributed by atoms with Crippen LogP contribution < -0.4 is 11.1 Å². The van der Waals surface area contributed by atoms with Gasteiger partial charge in [-0.05, 0) is 18.4 Å². The van der Waals surface area contributed by atoms with E-state index in [1.807, 2.05) is 30.3 Å². The molecule has 1 atom stereocenters. The van der Waals surface area contributed by atoms with Gasteiger partial charge in [0.1, 0.15) is 0 Å². The molecule has 1 amide bonds. The molecule has 5 heteroatoms. The van der Waals surface area contributed by atoms with Gasteiger partial charge >= 0.3 is 0 Å². The summed E-state index contributed by atoms with van der Waals surface area (Å²) in [5, 5.41) is 3.12. The zero-order valence-corrected chi connectivity index (χ0v) is 13.3. The van der Waals surface area contributed by atoms with Gasteiger partial charge in [0, 0.05) is 45.2 Å². The first-order valence-corrected chi connectivity index (χ1v) is 8.00. The quantitative estimate of drug-likeness (QED) is 0.797. The number of piperidine rings is 1. The molecular formula is C17H27N3O2. The van der Waals surface area contributed by atoms with E-state index in [0.29, 0.717) is 6.42 Å². The molecule has 1 aromatic rings. The van der Waals surface area contributed by atoms with Gasteiger partial charge in [-0.15, -0.1) is 0 Å². The van der Waals surface area contributed by atoms with Gasteiger partial charge in [-0.25, -0.2) is 0 Å². The summed E-state index contributed by atoms with van der Waals surface area (Å²) in [6.07, 6.45) is 2.33. The number of hydrogen-bond acceptors (Lipinski definition) is 4. The van der Waals surface area contributed by atoms with E-state index in [9.17, 15) is 4.79 Å². The summed E-state index contributed by atoms with van der Waals surface area (Å²) in [5.74, 6) is 0.0479. The summed E-state index contributed by atoms with van der Waals surface area (Å²) >= 11 is 0. The molecule has 1 aromatic carbocycles. The maximum Gasteiger partial charge on any atom is 0.222 e. The van der Waals surface area contributed by atoms with E-state index in [-0.39, 0.29) is 18.0 Å². The number of methoxy groups -OCH3 is 1. The lowest BCUT2D eigenvalue weighted by Gasteiger charge is -2.32. The van der Waals surface area contributed by atoms with Crippen LogP contribution in [0.25, 0.3) is 0 Å². The predicted octanol–water partition coefficient (Wildman–Crippen LogP) is 1.30. The second-order valence-corrected chi connectivity index (χ2v) is 5.90. The average molecular weight is 305 g/mol. The van der Waals surface area contributed by atoms with Crippen LogP contribution in [0.4, 0.5) is 0 Å². The Morgan fingerprint density at radius 1 is 1.36 bits per heavy atom. The Labute approximate surface area is 132 Å². The van der Waals surface area contributed by atoms with Crippen molar-refractivity contribution in [3.8, 4) is 0 Å². The summed E-state index contributed by atoms with van der Waals surface area (Å²) in [4.78, 5) is 14.5. The molecule has 122 valence electrons. The van der Waals surface area contributed by atoms with Crippen molar-refractivity contribution < 1.29 is 9.53 Å². The van der Waals surface area contributed by atoms with E-state index in [4.69, 9.17) is 10.5 Å². The number of nitrogens with zero attached hydrogens (tertiary/aromatic N) is 1. The van der Waals surface area contributed by atoms with E-state index >= 15 is 0 Å². The zero-order chi connectivity index (χ0) is 15.8. The molecule has 0 spiro atoms. The highest BCUT2D eigenvalue weighted by Gasteiger charge is 2.21. The van der Waals surface area contributed by atoms with Crippen LogP contribution >= 0.6 is 0 Å². The number of carbonyl (C=O) groups is 1. The summed E-state index contributed by atoms with van der Waals surface area (Å²) < 4.78 is 5.10. The molecule has 1 aliphatic heterocycles. The Kier molecular flexibility index (Phi) is 6.83. The second kappa shape index (κ2) is 8.88. The van der Waals surface area contributed by atoms with Crippen LogP contribution in [0.5, 0.6) is 0 Å². The number of carbonyl (C=O) groups excluding carboxylic acids is 1. The number of hydrogen-bond donors (Lipinski definition) is 2. The molecule has 0 aliphatic carbocycles. The number of rotatable bonds is 7. The monoisotopic (exact) mass is 305 g/mol. The SMILES string of the molecule is COCCN1CCC(NC(=O)CC(N)c2ccccc2)CC1. The first-order chi connectivity index (χ1) is 10.7. The summed E-state index contributed by atoms with van der Waals surface area (Å²) in [6, 6.07) is 9.81. The molecule has 1 heterocycles. The third-order valence-electron chi connectivity index (χ3n) is 4.20. The molecule has 1 saturated heterocycles. The smallest absolute Gasteiger partial charge is 0.222 e. The normalized spacial score (nSPS) is 18.1. The van der Waals surface area contributed by atoms with Crippen LogP contribution in [0, 0.1) is 0 Å². The number of likely N-dealkylation sites (tertiary alicyclic amines) is 1. The van der Waals surface area contributed by atoms with Gasteiger partial charge in [0.2, 0.25) is 5.91 Å². The lowest BCUT2D eigenvalue weighted by molar-refractivity contribution is -0.122. The van der Waals surface area contributed by atoms with Gasteiger partial charge in [0.15, 0.2) is 0 Å². The van der Waals surface area contributed by atoms with Crippen LogP contribution in [0.1, 0.15) is 30.9 Å². The molecule has 0 bridgehead atoms. The van der Waals surface area contributed by atoms with Crippen molar-refractivity contribution in [3.63, 3.8) is 0 Å². The average Bonchev–Trinajstić information content (AvgIpc) is 2.55. The largest absolute Gasteiger partial charge is 0.383 e. The molecule has 1 unspecified atom stereocenters. The second-order valence-electron chi connectivity index (χ2n) is 5.90. The Balaban J connectivity index is 1.70. The maximum atomic E-state index is 12.1. The first-order valence-electron chi connectivity index (χ1n) is 8.00. The van der Waals surface area contributed by atoms with Crippen LogP contribution in [-0.4, -0.2) is 50.2 Å². The topological polar surface area (TPSA) is 67.6 Å². The molecule has 3 N–H and O–H groups in total. The van der Waals surface area contributed by atoms with Crippen molar-refractivity contribution in [1.29, 1.82) is 0 Å². The highest BCUT2D eigenvalue weighted by atomic mass is 16.5. The van der Waals surface area contributed by atoms with E-state index in [2.05, 4.69) is 10.2 Å². The van der Waals surface area contributed by atoms with Crippen molar-refractivity contribution in [2.45, 2.75) is 31.3 Å². The molecule has 5 nitrogen and oxygen atoms in total. The maximum absolute atomic E-state index is 12.1. The molecule has 22 heavy (non-hydrogen) atoms. The molecule has 0 saturated carbocycles.